The molecule has 1 N–H and O–H groups in total. The maximum absolute atomic E-state index is 11.0. The lowest BCUT2D eigenvalue weighted by Gasteiger charge is -2.09. The first-order valence-corrected chi connectivity index (χ1v) is 4.76. The van der Waals surface area contributed by atoms with Crippen LogP contribution in [0.3, 0.4) is 0 Å². The molecule has 0 bridgehead atoms. The van der Waals surface area contributed by atoms with Gasteiger partial charge in [0.25, 0.3) is 0 Å². The molecule has 1 rings (SSSR count). The molecule has 0 aliphatic heterocycles. The van der Waals surface area contributed by atoms with Crippen LogP contribution in [0.15, 0.2) is 36.6 Å². The SMILES string of the molecule is C=C(OCc1ccccc1CO)C(=O)OC. The van der Waals surface area contributed by atoms with Crippen molar-refractivity contribution in [3.05, 3.63) is 47.7 Å². The molecule has 0 heterocycles. The van der Waals surface area contributed by atoms with Crippen molar-refractivity contribution >= 4 is 5.97 Å². The standard InChI is InChI=1S/C12H14O4/c1-9(12(14)15-2)16-8-11-6-4-3-5-10(11)7-13/h3-6,13H,1,7-8H2,2H3. The molecule has 0 saturated carbocycles. The van der Waals surface area contributed by atoms with E-state index in [1.54, 1.807) is 6.07 Å². The van der Waals surface area contributed by atoms with Crippen molar-refractivity contribution in [3.63, 3.8) is 0 Å². The molecule has 0 aromatic heterocycles. The summed E-state index contributed by atoms with van der Waals surface area (Å²) in [5, 5.41) is 9.07. The van der Waals surface area contributed by atoms with E-state index >= 15 is 0 Å². The summed E-state index contributed by atoms with van der Waals surface area (Å²) >= 11 is 0. The zero-order valence-electron chi connectivity index (χ0n) is 9.10. The molecule has 0 saturated heterocycles. The highest BCUT2D eigenvalue weighted by molar-refractivity contribution is 5.85. The van der Waals surface area contributed by atoms with Gasteiger partial charge in [0.05, 0.1) is 13.7 Å². The van der Waals surface area contributed by atoms with Gasteiger partial charge in [-0.25, -0.2) is 4.79 Å². The molecular weight excluding hydrogens is 208 g/mol. The fourth-order valence-corrected chi connectivity index (χ4v) is 1.19. The Morgan fingerprint density at radius 2 is 2.00 bits per heavy atom. The molecule has 16 heavy (non-hydrogen) atoms. The van der Waals surface area contributed by atoms with Crippen molar-refractivity contribution in [2.45, 2.75) is 13.2 Å². The van der Waals surface area contributed by atoms with Gasteiger partial charge in [0.2, 0.25) is 0 Å². The third-order valence-electron chi connectivity index (χ3n) is 2.10. The Kier molecular flexibility index (Phi) is 4.54. The monoisotopic (exact) mass is 222 g/mol. The Labute approximate surface area is 94.1 Å². The van der Waals surface area contributed by atoms with E-state index in [0.717, 1.165) is 11.1 Å². The second kappa shape index (κ2) is 5.92. The maximum atomic E-state index is 11.0. The van der Waals surface area contributed by atoms with Gasteiger partial charge in [0.15, 0.2) is 5.76 Å². The highest BCUT2D eigenvalue weighted by Gasteiger charge is 2.08. The summed E-state index contributed by atoms with van der Waals surface area (Å²) in [6.07, 6.45) is 0. The predicted octanol–water partition coefficient (Wildman–Crippen LogP) is 1.38. The molecule has 0 amide bonds. The van der Waals surface area contributed by atoms with Crippen molar-refractivity contribution in [2.75, 3.05) is 7.11 Å². The summed E-state index contributed by atoms with van der Waals surface area (Å²) in [5.41, 5.74) is 1.58. The number of aliphatic hydroxyl groups is 1. The van der Waals surface area contributed by atoms with Gasteiger partial charge in [-0.15, -0.1) is 0 Å². The summed E-state index contributed by atoms with van der Waals surface area (Å²) < 4.78 is 9.59. The Balaban J connectivity index is 2.61. The normalized spacial score (nSPS) is 9.62. The average Bonchev–Trinajstić information content (AvgIpc) is 2.35. The van der Waals surface area contributed by atoms with Crippen molar-refractivity contribution in [3.8, 4) is 0 Å². The molecule has 0 aliphatic rings. The molecule has 4 nitrogen and oxygen atoms in total. The largest absolute Gasteiger partial charge is 0.482 e. The van der Waals surface area contributed by atoms with E-state index in [2.05, 4.69) is 11.3 Å². The molecule has 0 aliphatic carbocycles. The van der Waals surface area contributed by atoms with Gasteiger partial charge < -0.3 is 14.6 Å². The first-order chi connectivity index (χ1) is 7.69. The van der Waals surface area contributed by atoms with E-state index < -0.39 is 5.97 Å². The lowest BCUT2D eigenvalue weighted by molar-refractivity contribution is -0.140. The number of hydrogen-bond donors (Lipinski definition) is 1. The van der Waals surface area contributed by atoms with E-state index in [-0.39, 0.29) is 19.0 Å². The number of esters is 1. The van der Waals surface area contributed by atoms with Crippen LogP contribution in [0, 0.1) is 0 Å². The van der Waals surface area contributed by atoms with Gasteiger partial charge in [0, 0.05) is 0 Å². The minimum absolute atomic E-state index is 0.0461. The summed E-state index contributed by atoms with van der Waals surface area (Å²) in [4.78, 5) is 11.0. The Morgan fingerprint density at radius 1 is 1.38 bits per heavy atom. The molecule has 86 valence electrons. The van der Waals surface area contributed by atoms with E-state index in [1.807, 2.05) is 18.2 Å². The van der Waals surface area contributed by atoms with Crippen LogP contribution in [-0.4, -0.2) is 18.2 Å². The fraction of sp³-hybridized carbons (Fsp3) is 0.250. The van der Waals surface area contributed by atoms with Crippen molar-refractivity contribution in [1.29, 1.82) is 0 Å². The Morgan fingerprint density at radius 3 is 2.56 bits per heavy atom. The minimum atomic E-state index is -0.596. The summed E-state index contributed by atoms with van der Waals surface area (Å²) in [7, 11) is 1.26. The number of aliphatic hydroxyl groups excluding tert-OH is 1. The minimum Gasteiger partial charge on any atom is -0.482 e. The lowest BCUT2D eigenvalue weighted by Crippen LogP contribution is -2.07. The topological polar surface area (TPSA) is 55.8 Å². The maximum Gasteiger partial charge on any atom is 0.372 e. The van der Waals surface area contributed by atoms with Gasteiger partial charge in [-0.2, -0.15) is 0 Å². The molecule has 4 heteroatoms. The van der Waals surface area contributed by atoms with Gasteiger partial charge in [0.1, 0.15) is 6.61 Å². The molecular formula is C12H14O4. The van der Waals surface area contributed by atoms with E-state index in [9.17, 15) is 4.79 Å². The molecule has 0 unspecified atom stereocenters. The third kappa shape index (κ3) is 3.10. The number of ether oxygens (including phenoxy) is 2. The van der Waals surface area contributed by atoms with Crippen LogP contribution in [0.4, 0.5) is 0 Å². The van der Waals surface area contributed by atoms with Crippen LogP contribution < -0.4 is 0 Å². The summed E-state index contributed by atoms with van der Waals surface area (Å²) in [6.45, 7) is 3.56. The second-order valence-corrected chi connectivity index (χ2v) is 3.13. The van der Waals surface area contributed by atoms with Crippen LogP contribution in [0.1, 0.15) is 11.1 Å². The van der Waals surface area contributed by atoms with Crippen molar-refractivity contribution in [2.24, 2.45) is 0 Å². The molecule has 1 aromatic carbocycles. The van der Waals surface area contributed by atoms with Crippen LogP contribution in [0.5, 0.6) is 0 Å². The van der Waals surface area contributed by atoms with Crippen molar-refractivity contribution < 1.29 is 19.4 Å². The van der Waals surface area contributed by atoms with Crippen LogP contribution in [0.2, 0.25) is 0 Å². The second-order valence-electron chi connectivity index (χ2n) is 3.13. The first-order valence-electron chi connectivity index (χ1n) is 4.76. The number of hydrogen-bond acceptors (Lipinski definition) is 4. The molecule has 0 radical (unpaired) electrons. The van der Waals surface area contributed by atoms with Gasteiger partial charge in [-0.1, -0.05) is 24.3 Å². The van der Waals surface area contributed by atoms with E-state index in [1.165, 1.54) is 7.11 Å². The number of carbonyl (C=O) groups excluding carboxylic acids is 1. The molecule has 0 spiro atoms. The van der Waals surface area contributed by atoms with E-state index in [0.29, 0.717) is 0 Å². The lowest BCUT2D eigenvalue weighted by atomic mass is 10.1. The first kappa shape index (κ1) is 12.3. The van der Waals surface area contributed by atoms with Crippen molar-refractivity contribution in [1.82, 2.24) is 0 Å². The fourth-order valence-electron chi connectivity index (χ4n) is 1.19. The van der Waals surface area contributed by atoms with Crippen LogP contribution in [-0.2, 0) is 27.5 Å². The number of carbonyl (C=O) groups is 1. The van der Waals surface area contributed by atoms with Gasteiger partial charge in [-0.3, -0.25) is 0 Å². The van der Waals surface area contributed by atoms with E-state index in [4.69, 9.17) is 9.84 Å². The molecule has 0 atom stereocenters. The predicted molar refractivity (Wildman–Crippen MR) is 58.3 cm³/mol. The third-order valence-corrected chi connectivity index (χ3v) is 2.10. The van der Waals surface area contributed by atoms with Crippen LogP contribution >= 0.6 is 0 Å². The number of methoxy groups -OCH3 is 1. The summed E-state index contributed by atoms with van der Waals surface area (Å²) in [5.74, 6) is -0.642. The number of benzene rings is 1. The smallest absolute Gasteiger partial charge is 0.372 e. The highest BCUT2D eigenvalue weighted by Crippen LogP contribution is 2.11. The van der Waals surface area contributed by atoms with Crippen LogP contribution in [0.25, 0.3) is 0 Å². The van der Waals surface area contributed by atoms with Gasteiger partial charge >= 0.3 is 5.97 Å². The van der Waals surface area contributed by atoms with Gasteiger partial charge in [-0.05, 0) is 17.7 Å². The zero-order valence-corrected chi connectivity index (χ0v) is 9.10. The zero-order chi connectivity index (χ0) is 12.0. The number of rotatable bonds is 5. The Hall–Kier alpha value is -1.81. The summed E-state index contributed by atoms with van der Waals surface area (Å²) in [6, 6.07) is 7.26. The average molecular weight is 222 g/mol. The highest BCUT2D eigenvalue weighted by atomic mass is 16.6. The quantitative estimate of drug-likeness (QED) is 0.464. The molecule has 0 fully saturated rings. The molecule has 1 aromatic rings. The Bertz CT molecular complexity index is 384.